The van der Waals surface area contributed by atoms with Crippen molar-refractivity contribution in [3.05, 3.63) is 50.5 Å². The SMILES string of the molecule is CC1CCc2nc(N/N=C\c3cccc([N+](=O)[O-])c3)sc2C1. The molecule has 1 unspecified atom stereocenters. The Morgan fingerprint density at radius 2 is 2.41 bits per heavy atom. The van der Waals surface area contributed by atoms with Crippen LogP contribution in [0.3, 0.4) is 0 Å². The van der Waals surface area contributed by atoms with Gasteiger partial charge in [0.15, 0.2) is 0 Å². The molecular weight excluding hydrogens is 300 g/mol. The first-order valence-electron chi connectivity index (χ1n) is 7.14. The molecular formula is C15H16N4O2S. The number of nitro benzene ring substituents is 1. The van der Waals surface area contributed by atoms with Crippen LogP contribution in [0.4, 0.5) is 10.8 Å². The standard InChI is InChI=1S/C15H16N4O2S/c1-10-5-6-13-14(7-10)22-15(17-13)18-16-9-11-3-2-4-12(8-11)19(20)21/h2-4,8-10H,5-7H2,1H3,(H,17,18)/b16-9-. The monoisotopic (exact) mass is 316 g/mol. The van der Waals surface area contributed by atoms with E-state index in [0.29, 0.717) is 11.5 Å². The Bertz CT molecular complexity index is 726. The number of fused-ring (bicyclic) bond motifs is 1. The fourth-order valence-corrected chi connectivity index (χ4v) is 3.59. The van der Waals surface area contributed by atoms with Gasteiger partial charge < -0.3 is 0 Å². The molecule has 114 valence electrons. The molecule has 1 aliphatic carbocycles. The average Bonchev–Trinajstić information content (AvgIpc) is 2.89. The lowest BCUT2D eigenvalue weighted by Gasteiger charge is -2.15. The van der Waals surface area contributed by atoms with E-state index in [2.05, 4.69) is 22.4 Å². The summed E-state index contributed by atoms with van der Waals surface area (Å²) in [4.78, 5) is 16.2. The summed E-state index contributed by atoms with van der Waals surface area (Å²) in [5.41, 5.74) is 4.83. The van der Waals surface area contributed by atoms with Gasteiger partial charge in [0.25, 0.3) is 5.69 Å². The van der Waals surface area contributed by atoms with Crippen molar-refractivity contribution in [3.63, 3.8) is 0 Å². The summed E-state index contributed by atoms with van der Waals surface area (Å²) in [5, 5.41) is 15.6. The Morgan fingerprint density at radius 1 is 1.55 bits per heavy atom. The van der Waals surface area contributed by atoms with Gasteiger partial charge in [-0.15, -0.1) is 11.3 Å². The molecule has 0 amide bonds. The number of hydrazone groups is 1. The van der Waals surface area contributed by atoms with Gasteiger partial charge in [-0.05, 0) is 25.2 Å². The molecule has 1 N–H and O–H groups in total. The second kappa shape index (κ2) is 6.23. The minimum atomic E-state index is -0.416. The van der Waals surface area contributed by atoms with Crippen LogP contribution in [0, 0.1) is 16.0 Å². The summed E-state index contributed by atoms with van der Waals surface area (Å²) in [6, 6.07) is 6.36. The Hall–Kier alpha value is -2.28. The maximum absolute atomic E-state index is 10.7. The van der Waals surface area contributed by atoms with Crippen LogP contribution < -0.4 is 5.43 Å². The lowest BCUT2D eigenvalue weighted by molar-refractivity contribution is -0.384. The van der Waals surface area contributed by atoms with E-state index in [0.717, 1.165) is 18.0 Å². The average molecular weight is 316 g/mol. The van der Waals surface area contributed by atoms with E-state index in [4.69, 9.17) is 0 Å². The summed E-state index contributed by atoms with van der Waals surface area (Å²) >= 11 is 1.64. The van der Waals surface area contributed by atoms with Crippen LogP contribution in [-0.4, -0.2) is 16.1 Å². The maximum Gasteiger partial charge on any atom is 0.270 e. The molecule has 7 heteroatoms. The number of non-ortho nitro benzene ring substituents is 1. The van der Waals surface area contributed by atoms with Gasteiger partial charge in [-0.2, -0.15) is 5.10 Å². The van der Waals surface area contributed by atoms with Crippen molar-refractivity contribution in [1.29, 1.82) is 0 Å². The van der Waals surface area contributed by atoms with E-state index >= 15 is 0 Å². The van der Waals surface area contributed by atoms with Crippen molar-refractivity contribution >= 4 is 28.4 Å². The van der Waals surface area contributed by atoms with E-state index in [9.17, 15) is 10.1 Å². The summed E-state index contributed by atoms with van der Waals surface area (Å²) in [6.07, 6.45) is 4.87. The number of hydrogen-bond acceptors (Lipinski definition) is 6. The number of benzene rings is 1. The van der Waals surface area contributed by atoms with Crippen molar-refractivity contribution in [2.45, 2.75) is 26.2 Å². The first-order valence-corrected chi connectivity index (χ1v) is 7.95. The Balaban J connectivity index is 1.67. The summed E-state index contributed by atoms with van der Waals surface area (Å²) in [6.45, 7) is 2.26. The molecule has 22 heavy (non-hydrogen) atoms. The van der Waals surface area contributed by atoms with Gasteiger partial charge in [0, 0.05) is 22.6 Å². The molecule has 2 aromatic rings. The van der Waals surface area contributed by atoms with Gasteiger partial charge in [0.05, 0.1) is 16.8 Å². The van der Waals surface area contributed by atoms with Crippen LogP contribution in [0.1, 0.15) is 29.5 Å². The van der Waals surface area contributed by atoms with Crippen molar-refractivity contribution < 1.29 is 4.92 Å². The molecule has 0 bridgehead atoms. The van der Waals surface area contributed by atoms with Crippen molar-refractivity contribution in [1.82, 2.24) is 4.98 Å². The minimum absolute atomic E-state index is 0.0580. The Labute approximate surface area is 132 Å². The number of aromatic nitrogens is 1. The van der Waals surface area contributed by atoms with E-state index in [1.165, 1.54) is 29.1 Å². The van der Waals surface area contributed by atoms with Gasteiger partial charge in [-0.1, -0.05) is 19.1 Å². The second-order valence-corrected chi connectivity index (χ2v) is 6.54. The van der Waals surface area contributed by atoms with E-state index in [1.54, 1.807) is 29.7 Å². The van der Waals surface area contributed by atoms with Crippen LogP contribution in [0.15, 0.2) is 29.4 Å². The molecule has 3 rings (SSSR count). The lowest BCUT2D eigenvalue weighted by Crippen LogP contribution is -2.09. The molecule has 1 heterocycles. The quantitative estimate of drug-likeness (QED) is 0.530. The highest BCUT2D eigenvalue weighted by molar-refractivity contribution is 7.15. The molecule has 0 saturated carbocycles. The predicted molar refractivity (Wildman–Crippen MR) is 87.6 cm³/mol. The summed E-state index contributed by atoms with van der Waals surface area (Å²) in [7, 11) is 0. The summed E-state index contributed by atoms with van der Waals surface area (Å²) in [5.74, 6) is 0.717. The highest BCUT2D eigenvalue weighted by Crippen LogP contribution is 2.32. The highest BCUT2D eigenvalue weighted by Gasteiger charge is 2.19. The number of nitrogens with one attached hydrogen (secondary N) is 1. The fraction of sp³-hybridized carbons (Fsp3) is 0.333. The smallest absolute Gasteiger partial charge is 0.258 e. The number of nitrogens with zero attached hydrogens (tertiary/aromatic N) is 3. The normalized spacial score (nSPS) is 17.4. The van der Waals surface area contributed by atoms with Crippen molar-refractivity contribution in [2.24, 2.45) is 11.0 Å². The molecule has 1 atom stereocenters. The molecule has 0 radical (unpaired) electrons. The van der Waals surface area contributed by atoms with Crippen LogP contribution in [0.2, 0.25) is 0 Å². The molecule has 0 saturated heterocycles. The zero-order valence-corrected chi connectivity index (χ0v) is 13.0. The molecule has 1 aliphatic rings. The molecule has 6 nitrogen and oxygen atoms in total. The maximum atomic E-state index is 10.7. The van der Waals surface area contributed by atoms with E-state index in [1.807, 2.05) is 0 Å². The van der Waals surface area contributed by atoms with Crippen LogP contribution >= 0.6 is 11.3 Å². The number of nitro groups is 1. The third-order valence-corrected chi connectivity index (χ3v) is 4.67. The molecule has 0 aliphatic heterocycles. The van der Waals surface area contributed by atoms with Gasteiger partial charge in [-0.3, -0.25) is 15.5 Å². The van der Waals surface area contributed by atoms with E-state index < -0.39 is 4.92 Å². The van der Waals surface area contributed by atoms with Crippen molar-refractivity contribution in [2.75, 3.05) is 5.43 Å². The molecule has 0 fully saturated rings. The summed E-state index contributed by atoms with van der Waals surface area (Å²) < 4.78 is 0. The third kappa shape index (κ3) is 3.30. The van der Waals surface area contributed by atoms with E-state index in [-0.39, 0.29) is 5.69 Å². The third-order valence-electron chi connectivity index (χ3n) is 3.64. The number of rotatable bonds is 4. The zero-order valence-electron chi connectivity index (χ0n) is 12.2. The number of thiazole rings is 1. The largest absolute Gasteiger partial charge is 0.270 e. The highest BCUT2D eigenvalue weighted by atomic mass is 32.1. The fourth-order valence-electron chi connectivity index (χ4n) is 2.47. The van der Waals surface area contributed by atoms with Gasteiger partial charge in [0.1, 0.15) is 0 Å². The van der Waals surface area contributed by atoms with Crippen LogP contribution in [0.5, 0.6) is 0 Å². The number of anilines is 1. The first kappa shape index (κ1) is 14.6. The second-order valence-electron chi connectivity index (χ2n) is 5.46. The molecule has 1 aromatic heterocycles. The Kier molecular flexibility index (Phi) is 4.15. The number of aryl methyl sites for hydroxylation is 1. The van der Waals surface area contributed by atoms with Crippen molar-refractivity contribution in [3.8, 4) is 0 Å². The van der Waals surface area contributed by atoms with Crippen LogP contribution in [0.25, 0.3) is 0 Å². The first-order chi connectivity index (χ1) is 10.6. The predicted octanol–water partition coefficient (Wildman–Crippen LogP) is 3.62. The van der Waals surface area contributed by atoms with Gasteiger partial charge >= 0.3 is 0 Å². The molecule has 1 aromatic carbocycles. The van der Waals surface area contributed by atoms with Gasteiger partial charge in [-0.25, -0.2) is 4.98 Å². The van der Waals surface area contributed by atoms with Crippen LogP contribution in [-0.2, 0) is 12.8 Å². The zero-order chi connectivity index (χ0) is 15.5. The topological polar surface area (TPSA) is 80.4 Å². The lowest BCUT2D eigenvalue weighted by atomic mass is 9.93. The number of hydrogen-bond donors (Lipinski definition) is 1. The Morgan fingerprint density at radius 3 is 3.23 bits per heavy atom. The minimum Gasteiger partial charge on any atom is -0.258 e. The molecule has 0 spiro atoms. The van der Waals surface area contributed by atoms with Gasteiger partial charge in [0.2, 0.25) is 5.13 Å².